The Morgan fingerprint density at radius 1 is 1.31 bits per heavy atom. The first-order valence-corrected chi connectivity index (χ1v) is 6.07. The van der Waals surface area contributed by atoms with Gasteiger partial charge in [-0.05, 0) is 6.07 Å². The van der Waals surface area contributed by atoms with Crippen molar-refractivity contribution in [1.29, 1.82) is 0 Å². The van der Waals surface area contributed by atoms with Crippen LogP contribution in [0.15, 0.2) is 48.5 Å². The number of fused-ring (bicyclic) bond motifs is 1. The van der Waals surface area contributed by atoms with Crippen LogP contribution in [0.2, 0.25) is 0 Å². The number of hydrogen-bond donors (Lipinski definition) is 0. The highest BCUT2D eigenvalue weighted by atomic mass is 32.1. The zero-order valence-corrected chi connectivity index (χ0v) is 9.89. The second-order valence-electron chi connectivity index (χ2n) is 3.90. The largest absolute Gasteiger partial charge is 0.290 e. The third-order valence-corrected chi connectivity index (χ3v) is 3.58. The summed E-state index contributed by atoms with van der Waals surface area (Å²) >= 11 is 1.78. The number of para-hydroxylation sites is 1. The Hall–Kier alpha value is -1.68. The Morgan fingerprint density at radius 2 is 2.19 bits per heavy atom. The molecule has 0 aliphatic carbocycles. The van der Waals surface area contributed by atoms with E-state index in [0.29, 0.717) is 0 Å². The minimum atomic E-state index is 0.866. The fraction of sp³-hybridized carbons (Fsp3) is 0.167. The van der Waals surface area contributed by atoms with Gasteiger partial charge in [-0.1, -0.05) is 23.5 Å². The Bertz CT molecular complexity index is 624. The van der Waals surface area contributed by atoms with Gasteiger partial charge in [0.15, 0.2) is 0 Å². The molecular weight excluding hydrogens is 218 g/mol. The van der Waals surface area contributed by atoms with E-state index >= 15 is 0 Å². The standard InChI is InChI=1S/C12H13N3S/c1-13-6-7-14(8-13)9-15-10-16-12-5-3-2-4-11(12)15/h2-8,10H,9H2,1H3/q+2. The molecule has 0 fully saturated rings. The first-order chi connectivity index (χ1) is 7.83. The van der Waals surface area contributed by atoms with Crippen LogP contribution >= 0.6 is 11.3 Å². The average Bonchev–Trinajstić information content (AvgIpc) is 2.87. The van der Waals surface area contributed by atoms with Crippen molar-refractivity contribution in [3.8, 4) is 0 Å². The van der Waals surface area contributed by atoms with E-state index in [-0.39, 0.29) is 0 Å². The molecule has 2 aromatic heterocycles. The number of nitrogens with zero attached hydrogens (tertiary/aromatic N) is 3. The molecule has 0 unspecified atom stereocenters. The van der Waals surface area contributed by atoms with Crippen LogP contribution in [0.25, 0.3) is 10.2 Å². The van der Waals surface area contributed by atoms with E-state index in [0.717, 1.165) is 6.67 Å². The fourth-order valence-corrected chi connectivity index (χ4v) is 2.73. The van der Waals surface area contributed by atoms with Gasteiger partial charge in [0.25, 0.3) is 6.67 Å². The van der Waals surface area contributed by atoms with Crippen molar-refractivity contribution in [2.45, 2.75) is 6.67 Å². The topological polar surface area (TPSA) is 12.7 Å². The molecule has 0 amide bonds. The van der Waals surface area contributed by atoms with E-state index in [1.54, 1.807) is 11.3 Å². The van der Waals surface area contributed by atoms with E-state index in [1.807, 2.05) is 7.05 Å². The van der Waals surface area contributed by atoms with Gasteiger partial charge < -0.3 is 0 Å². The molecule has 4 heteroatoms. The van der Waals surface area contributed by atoms with Crippen molar-refractivity contribution < 1.29 is 9.13 Å². The number of thiazole rings is 1. The van der Waals surface area contributed by atoms with Crippen LogP contribution in [-0.4, -0.2) is 4.57 Å². The number of rotatable bonds is 2. The lowest BCUT2D eigenvalue weighted by Gasteiger charge is -1.90. The minimum Gasteiger partial charge on any atom is -0.239 e. The van der Waals surface area contributed by atoms with E-state index in [9.17, 15) is 0 Å². The van der Waals surface area contributed by atoms with E-state index in [1.165, 1.54) is 10.2 Å². The van der Waals surface area contributed by atoms with Crippen molar-refractivity contribution in [1.82, 2.24) is 4.57 Å². The summed E-state index contributed by atoms with van der Waals surface area (Å²) in [6.45, 7) is 0.866. The summed E-state index contributed by atoms with van der Waals surface area (Å²) in [5.41, 5.74) is 3.47. The molecule has 0 saturated carbocycles. The molecule has 0 saturated heterocycles. The smallest absolute Gasteiger partial charge is 0.239 e. The zero-order valence-electron chi connectivity index (χ0n) is 9.08. The molecule has 3 nitrogen and oxygen atoms in total. The molecule has 0 aliphatic rings. The molecule has 0 aliphatic heterocycles. The Balaban J connectivity index is 2.00. The van der Waals surface area contributed by atoms with Crippen molar-refractivity contribution in [3.05, 3.63) is 48.5 Å². The molecule has 80 valence electrons. The SMILES string of the molecule is C[n+]1ccn(C[n+]2csc3ccccc32)c1. The summed E-state index contributed by atoms with van der Waals surface area (Å²) in [7, 11) is 2.03. The second kappa shape index (κ2) is 3.72. The molecule has 3 aromatic rings. The van der Waals surface area contributed by atoms with Crippen molar-refractivity contribution in [2.75, 3.05) is 0 Å². The molecule has 3 rings (SSSR count). The van der Waals surface area contributed by atoms with Crippen LogP contribution in [-0.2, 0) is 13.7 Å². The summed E-state index contributed by atoms with van der Waals surface area (Å²) in [6, 6.07) is 8.49. The molecule has 1 aromatic carbocycles. The van der Waals surface area contributed by atoms with Gasteiger partial charge in [0.1, 0.15) is 17.1 Å². The Labute approximate surface area is 97.8 Å². The van der Waals surface area contributed by atoms with Crippen LogP contribution in [0.3, 0.4) is 0 Å². The number of aryl methyl sites for hydroxylation is 1. The fourth-order valence-electron chi connectivity index (χ4n) is 1.84. The summed E-state index contributed by atoms with van der Waals surface area (Å²) < 4.78 is 7.81. The minimum absolute atomic E-state index is 0.866. The van der Waals surface area contributed by atoms with Gasteiger partial charge in [-0.3, -0.25) is 0 Å². The average molecular weight is 231 g/mol. The normalized spacial score (nSPS) is 11.1. The molecular formula is C12H13N3S+2. The van der Waals surface area contributed by atoms with Crippen molar-refractivity contribution in [3.63, 3.8) is 0 Å². The van der Waals surface area contributed by atoms with Gasteiger partial charge in [0, 0.05) is 6.07 Å². The number of aromatic nitrogens is 3. The van der Waals surface area contributed by atoms with Crippen LogP contribution in [0.4, 0.5) is 0 Å². The summed E-state index contributed by atoms with van der Waals surface area (Å²) in [6.07, 6.45) is 6.22. The van der Waals surface area contributed by atoms with Gasteiger partial charge in [0.2, 0.25) is 17.4 Å². The third-order valence-electron chi connectivity index (χ3n) is 2.62. The highest BCUT2D eigenvalue weighted by Gasteiger charge is 2.13. The molecule has 0 radical (unpaired) electrons. The monoisotopic (exact) mass is 231 g/mol. The summed E-state index contributed by atoms with van der Waals surface area (Å²) in [4.78, 5) is 0. The number of benzene rings is 1. The lowest BCUT2D eigenvalue weighted by Crippen LogP contribution is -2.36. The number of imidazole rings is 1. The van der Waals surface area contributed by atoms with Crippen molar-refractivity contribution in [2.24, 2.45) is 7.05 Å². The van der Waals surface area contributed by atoms with Crippen LogP contribution in [0.5, 0.6) is 0 Å². The predicted molar refractivity (Wildman–Crippen MR) is 63.0 cm³/mol. The Morgan fingerprint density at radius 3 is 3.00 bits per heavy atom. The lowest BCUT2D eigenvalue weighted by atomic mass is 10.3. The highest BCUT2D eigenvalue weighted by molar-refractivity contribution is 7.16. The summed E-state index contributed by atoms with van der Waals surface area (Å²) in [5.74, 6) is 0. The predicted octanol–water partition coefficient (Wildman–Crippen LogP) is 1.32. The van der Waals surface area contributed by atoms with Crippen LogP contribution in [0, 0.1) is 0 Å². The maximum Gasteiger partial charge on any atom is 0.290 e. The first-order valence-electron chi connectivity index (χ1n) is 5.19. The Kier molecular flexibility index (Phi) is 2.22. The summed E-state index contributed by atoms with van der Waals surface area (Å²) in [5, 5.41) is 0. The maximum absolute atomic E-state index is 2.26. The quantitative estimate of drug-likeness (QED) is 0.590. The number of hydrogen-bond acceptors (Lipinski definition) is 1. The molecule has 0 atom stereocenters. The third kappa shape index (κ3) is 1.61. The second-order valence-corrected chi connectivity index (χ2v) is 4.78. The zero-order chi connectivity index (χ0) is 11.0. The molecule has 2 heterocycles. The van der Waals surface area contributed by atoms with Gasteiger partial charge in [0.05, 0.1) is 7.05 Å². The highest BCUT2D eigenvalue weighted by Crippen LogP contribution is 2.14. The molecule has 16 heavy (non-hydrogen) atoms. The van der Waals surface area contributed by atoms with Gasteiger partial charge in [-0.25, -0.2) is 4.57 Å². The van der Waals surface area contributed by atoms with E-state index in [4.69, 9.17) is 0 Å². The molecule has 0 spiro atoms. The molecule has 0 N–H and O–H groups in total. The van der Waals surface area contributed by atoms with E-state index in [2.05, 4.69) is 62.2 Å². The first kappa shape index (κ1) is 9.54. The van der Waals surface area contributed by atoms with Gasteiger partial charge >= 0.3 is 0 Å². The van der Waals surface area contributed by atoms with Crippen LogP contribution < -0.4 is 9.13 Å². The van der Waals surface area contributed by atoms with E-state index < -0.39 is 0 Å². The van der Waals surface area contributed by atoms with Gasteiger partial charge in [-0.15, -0.1) is 4.57 Å². The van der Waals surface area contributed by atoms with Crippen molar-refractivity contribution >= 4 is 21.6 Å². The van der Waals surface area contributed by atoms with Crippen LogP contribution in [0.1, 0.15) is 0 Å². The molecule has 0 bridgehead atoms. The van der Waals surface area contributed by atoms with Gasteiger partial charge in [-0.2, -0.15) is 4.57 Å². The maximum atomic E-state index is 2.26. The lowest BCUT2D eigenvalue weighted by molar-refractivity contribution is -0.686.